The van der Waals surface area contributed by atoms with Gasteiger partial charge >= 0.3 is 5.97 Å². The summed E-state index contributed by atoms with van der Waals surface area (Å²) in [5, 5.41) is 8.93. The van der Waals surface area contributed by atoms with Crippen molar-refractivity contribution in [3.05, 3.63) is 23.7 Å². The number of rotatable bonds is 2. The molecule has 1 aliphatic carbocycles. The van der Waals surface area contributed by atoms with Gasteiger partial charge in [-0.05, 0) is 24.8 Å². The lowest BCUT2D eigenvalue weighted by Crippen LogP contribution is -2.03. The Morgan fingerprint density at radius 3 is 3.00 bits per heavy atom. The van der Waals surface area contributed by atoms with E-state index < -0.39 is 5.97 Å². The van der Waals surface area contributed by atoms with Gasteiger partial charge in [0.2, 0.25) is 0 Å². The number of carbonyl (C=O) groups is 1. The van der Waals surface area contributed by atoms with Crippen molar-refractivity contribution in [2.24, 2.45) is 5.92 Å². The average Bonchev–Trinajstić information content (AvgIpc) is 2.92. The summed E-state index contributed by atoms with van der Waals surface area (Å²) in [5.74, 6) is 1.07. The highest BCUT2D eigenvalue weighted by atomic mass is 16.4. The molecule has 2 N–H and O–H groups in total. The van der Waals surface area contributed by atoms with Crippen molar-refractivity contribution < 1.29 is 9.90 Å². The Morgan fingerprint density at radius 2 is 2.33 bits per heavy atom. The van der Waals surface area contributed by atoms with Crippen molar-refractivity contribution >= 4 is 17.1 Å². The maximum absolute atomic E-state index is 10.9. The van der Waals surface area contributed by atoms with Crippen LogP contribution in [0.5, 0.6) is 0 Å². The van der Waals surface area contributed by atoms with Crippen LogP contribution in [0.15, 0.2) is 12.3 Å². The summed E-state index contributed by atoms with van der Waals surface area (Å²) < 4.78 is 0. The first-order valence-electron chi connectivity index (χ1n) is 6.24. The molecule has 0 saturated heterocycles. The van der Waals surface area contributed by atoms with Crippen LogP contribution in [-0.2, 0) is 0 Å². The van der Waals surface area contributed by atoms with Gasteiger partial charge < -0.3 is 10.1 Å². The van der Waals surface area contributed by atoms with Crippen LogP contribution < -0.4 is 0 Å². The molecule has 1 saturated carbocycles. The van der Waals surface area contributed by atoms with Gasteiger partial charge in [-0.25, -0.2) is 14.8 Å². The molecule has 2 unspecified atom stereocenters. The molecular formula is C13H15N3O2. The minimum atomic E-state index is -0.963. The van der Waals surface area contributed by atoms with Crippen molar-refractivity contribution in [2.45, 2.75) is 32.1 Å². The van der Waals surface area contributed by atoms with E-state index in [1.54, 1.807) is 6.07 Å². The number of aromatic carboxylic acids is 1. The zero-order chi connectivity index (χ0) is 12.7. The number of aromatic nitrogens is 3. The Hall–Kier alpha value is -1.91. The number of nitrogens with one attached hydrogen (secondary N) is 1. The monoisotopic (exact) mass is 245 g/mol. The van der Waals surface area contributed by atoms with E-state index in [1.165, 1.54) is 19.0 Å². The fourth-order valence-corrected chi connectivity index (χ4v) is 2.76. The zero-order valence-electron chi connectivity index (χ0n) is 10.2. The predicted molar refractivity (Wildman–Crippen MR) is 66.6 cm³/mol. The van der Waals surface area contributed by atoms with Crippen LogP contribution in [0.2, 0.25) is 0 Å². The first-order chi connectivity index (χ1) is 8.65. The van der Waals surface area contributed by atoms with Gasteiger partial charge in [-0.2, -0.15) is 0 Å². The lowest BCUT2D eigenvalue weighted by molar-refractivity contribution is 0.0696. The van der Waals surface area contributed by atoms with Crippen molar-refractivity contribution in [1.82, 2.24) is 15.0 Å². The highest BCUT2D eigenvalue weighted by molar-refractivity contribution is 5.90. The highest BCUT2D eigenvalue weighted by Crippen LogP contribution is 2.38. The fourth-order valence-electron chi connectivity index (χ4n) is 2.76. The van der Waals surface area contributed by atoms with E-state index in [1.807, 2.05) is 0 Å². The molecule has 0 aliphatic heterocycles. The SMILES string of the molecule is CC1CCCC1c1nc2ncc(C(=O)O)cc2[nH]1. The molecule has 18 heavy (non-hydrogen) atoms. The van der Waals surface area contributed by atoms with Gasteiger partial charge in [-0.15, -0.1) is 0 Å². The van der Waals surface area contributed by atoms with Crippen molar-refractivity contribution in [1.29, 1.82) is 0 Å². The molecule has 2 aromatic heterocycles. The molecule has 1 aliphatic rings. The molecule has 3 rings (SSSR count). The maximum Gasteiger partial charge on any atom is 0.337 e. The minimum Gasteiger partial charge on any atom is -0.478 e. The molecule has 94 valence electrons. The smallest absolute Gasteiger partial charge is 0.337 e. The summed E-state index contributed by atoms with van der Waals surface area (Å²) in [5.41, 5.74) is 1.51. The molecule has 5 nitrogen and oxygen atoms in total. The van der Waals surface area contributed by atoms with Gasteiger partial charge in [-0.3, -0.25) is 0 Å². The van der Waals surface area contributed by atoms with Crippen LogP contribution in [0.1, 0.15) is 48.3 Å². The third-order valence-corrected chi connectivity index (χ3v) is 3.82. The Labute approximate surface area is 104 Å². The number of fused-ring (bicyclic) bond motifs is 1. The van der Waals surface area contributed by atoms with E-state index >= 15 is 0 Å². The number of hydrogen-bond donors (Lipinski definition) is 2. The van der Waals surface area contributed by atoms with Gasteiger partial charge in [0.15, 0.2) is 5.65 Å². The third-order valence-electron chi connectivity index (χ3n) is 3.82. The first-order valence-corrected chi connectivity index (χ1v) is 6.24. The summed E-state index contributed by atoms with van der Waals surface area (Å²) in [6, 6.07) is 1.60. The summed E-state index contributed by atoms with van der Waals surface area (Å²) in [4.78, 5) is 22.7. The number of pyridine rings is 1. The number of aromatic amines is 1. The van der Waals surface area contributed by atoms with Crippen LogP contribution in [0.4, 0.5) is 0 Å². The summed E-state index contributed by atoms with van der Waals surface area (Å²) >= 11 is 0. The van der Waals surface area contributed by atoms with Gasteiger partial charge in [0.05, 0.1) is 11.1 Å². The molecule has 0 aromatic carbocycles. The van der Waals surface area contributed by atoms with Crippen LogP contribution in [0, 0.1) is 5.92 Å². The molecule has 0 bridgehead atoms. The topological polar surface area (TPSA) is 78.9 Å². The molecule has 5 heteroatoms. The standard InChI is InChI=1S/C13H15N3O2/c1-7-3-2-4-9(7)11-15-10-5-8(13(17)18)6-14-12(10)16-11/h5-7,9H,2-4H2,1H3,(H,17,18)(H,14,15,16). The van der Waals surface area contributed by atoms with E-state index in [0.29, 0.717) is 23.0 Å². The Morgan fingerprint density at radius 1 is 1.50 bits per heavy atom. The van der Waals surface area contributed by atoms with Gasteiger partial charge in [0, 0.05) is 12.1 Å². The van der Waals surface area contributed by atoms with E-state index in [4.69, 9.17) is 5.11 Å². The van der Waals surface area contributed by atoms with E-state index in [2.05, 4.69) is 21.9 Å². The molecule has 0 amide bonds. The number of carboxylic acids is 1. The molecule has 2 heterocycles. The normalized spacial score (nSPS) is 23.6. The van der Waals surface area contributed by atoms with Crippen molar-refractivity contribution in [2.75, 3.05) is 0 Å². The van der Waals surface area contributed by atoms with Crippen LogP contribution in [-0.4, -0.2) is 26.0 Å². The lowest BCUT2D eigenvalue weighted by Gasteiger charge is -2.11. The molecular weight excluding hydrogens is 230 g/mol. The second kappa shape index (κ2) is 4.08. The number of H-pyrrole nitrogens is 1. The minimum absolute atomic E-state index is 0.192. The second-order valence-corrected chi connectivity index (χ2v) is 5.04. The summed E-state index contributed by atoms with van der Waals surface area (Å²) in [6.07, 6.45) is 4.96. The molecule has 2 aromatic rings. The summed E-state index contributed by atoms with van der Waals surface area (Å²) in [7, 11) is 0. The van der Waals surface area contributed by atoms with Gasteiger partial charge in [-0.1, -0.05) is 13.3 Å². The predicted octanol–water partition coefficient (Wildman–Crippen LogP) is 2.56. The zero-order valence-corrected chi connectivity index (χ0v) is 10.2. The number of carboxylic acid groups (broad SMARTS) is 1. The quantitative estimate of drug-likeness (QED) is 0.852. The Balaban J connectivity index is 2.02. The molecule has 0 spiro atoms. The number of imidazole rings is 1. The fraction of sp³-hybridized carbons (Fsp3) is 0.462. The Kier molecular flexibility index (Phi) is 2.54. The van der Waals surface area contributed by atoms with Gasteiger partial charge in [0.1, 0.15) is 5.82 Å². The van der Waals surface area contributed by atoms with Crippen LogP contribution in [0.25, 0.3) is 11.2 Å². The van der Waals surface area contributed by atoms with Crippen LogP contribution in [0.3, 0.4) is 0 Å². The number of hydrogen-bond acceptors (Lipinski definition) is 3. The number of nitrogens with zero attached hydrogens (tertiary/aromatic N) is 2. The van der Waals surface area contributed by atoms with Crippen molar-refractivity contribution in [3.63, 3.8) is 0 Å². The largest absolute Gasteiger partial charge is 0.478 e. The van der Waals surface area contributed by atoms with Crippen LogP contribution >= 0.6 is 0 Å². The lowest BCUT2D eigenvalue weighted by atomic mass is 9.98. The molecule has 1 fully saturated rings. The Bertz CT molecular complexity index is 605. The third kappa shape index (κ3) is 1.75. The highest BCUT2D eigenvalue weighted by Gasteiger charge is 2.27. The second-order valence-electron chi connectivity index (χ2n) is 5.04. The van der Waals surface area contributed by atoms with E-state index in [-0.39, 0.29) is 5.56 Å². The van der Waals surface area contributed by atoms with E-state index in [9.17, 15) is 4.79 Å². The van der Waals surface area contributed by atoms with E-state index in [0.717, 1.165) is 12.2 Å². The maximum atomic E-state index is 10.9. The first kappa shape index (κ1) is 11.2. The average molecular weight is 245 g/mol. The molecule has 0 radical (unpaired) electrons. The summed E-state index contributed by atoms with van der Waals surface area (Å²) in [6.45, 7) is 2.24. The van der Waals surface area contributed by atoms with Crippen molar-refractivity contribution in [3.8, 4) is 0 Å². The molecule has 2 atom stereocenters. The van der Waals surface area contributed by atoms with Gasteiger partial charge in [0.25, 0.3) is 0 Å².